The highest BCUT2D eigenvalue weighted by molar-refractivity contribution is 7.89. The summed E-state index contributed by atoms with van der Waals surface area (Å²) in [5.74, 6) is 0.197. The molecule has 118 valence electrons. The number of hydrogen-bond acceptors (Lipinski definition) is 3. The van der Waals surface area contributed by atoms with E-state index in [1.165, 1.54) is 4.31 Å². The van der Waals surface area contributed by atoms with Crippen LogP contribution < -0.4 is 0 Å². The number of aliphatic hydroxyl groups excluding tert-OH is 1. The third-order valence-electron chi connectivity index (χ3n) is 4.54. The molecular formula is C17H21NO3S. The summed E-state index contributed by atoms with van der Waals surface area (Å²) in [6.45, 7) is 2.73. The molecule has 2 aromatic carbocycles. The van der Waals surface area contributed by atoms with E-state index in [0.717, 1.165) is 10.8 Å². The average Bonchev–Trinajstić information content (AvgIpc) is 2.54. The molecule has 1 aliphatic heterocycles. The zero-order valence-electron chi connectivity index (χ0n) is 12.6. The van der Waals surface area contributed by atoms with Gasteiger partial charge in [-0.25, -0.2) is 8.42 Å². The van der Waals surface area contributed by atoms with E-state index in [2.05, 4.69) is 0 Å². The molecule has 1 atom stereocenters. The fourth-order valence-corrected chi connectivity index (χ4v) is 4.58. The highest BCUT2D eigenvalue weighted by Gasteiger charge is 2.30. The Morgan fingerprint density at radius 3 is 2.36 bits per heavy atom. The quantitative estimate of drug-likeness (QED) is 0.946. The molecule has 0 radical (unpaired) electrons. The van der Waals surface area contributed by atoms with Gasteiger partial charge >= 0.3 is 0 Å². The molecule has 3 rings (SSSR count). The predicted octanol–water partition coefficient (Wildman–Crippen LogP) is 2.62. The zero-order chi connectivity index (χ0) is 15.7. The van der Waals surface area contributed by atoms with E-state index in [1.54, 1.807) is 19.1 Å². The summed E-state index contributed by atoms with van der Waals surface area (Å²) in [4.78, 5) is 0.349. The Morgan fingerprint density at radius 2 is 1.73 bits per heavy atom. The van der Waals surface area contributed by atoms with Crippen molar-refractivity contribution in [2.24, 2.45) is 5.92 Å². The number of rotatable bonds is 3. The van der Waals surface area contributed by atoms with Crippen molar-refractivity contribution < 1.29 is 13.5 Å². The summed E-state index contributed by atoms with van der Waals surface area (Å²) in [7, 11) is -3.45. The molecule has 0 saturated carbocycles. The third-order valence-corrected chi connectivity index (χ3v) is 6.43. The topological polar surface area (TPSA) is 57.6 Å². The highest BCUT2D eigenvalue weighted by Crippen LogP contribution is 2.27. The van der Waals surface area contributed by atoms with E-state index in [4.69, 9.17) is 0 Å². The molecule has 1 unspecified atom stereocenters. The maximum absolute atomic E-state index is 12.8. The Hall–Kier alpha value is -1.43. The van der Waals surface area contributed by atoms with Crippen LogP contribution in [0, 0.1) is 5.92 Å². The summed E-state index contributed by atoms with van der Waals surface area (Å²) in [5, 5.41) is 11.6. The lowest BCUT2D eigenvalue weighted by molar-refractivity contribution is 0.0912. The first-order valence-corrected chi connectivity index (χ1v) is 9.09. The van der Waals surface area contributed by atoms with Gasteiger partial charge in [0.25, 0.3) is 0 Å². The molecule has 1 aliphatic rings. The lowest BCUT2D eigenvalue weighted by Gasteiger charge is -2.32. The van der Waals surface area contributed by atoms with Gasteiger partial charge in [-0.15, -0.1) is 0 Å². The Labute approximate surface area is 131 Å². The molecule has 0 amide bonds. The van der Waals surface area contributed by atoms with Gasteiger partial charge in [0.15, 0.2) is 0 Å². The second kappa shape index (κ2) is 5.99. The molecule has 1 N–H and O–H groups in total. The van der Waals surface area contributed by atoms with Crippen LogP contribution in [-0.2, 0) is 10.0 Å². The molecule has 5 heteroatoms. The standard InChI is InChI=1S/C17H21NO3S/c1-13(19)14-8-10-18(11-9-14)22(20,21)17-7-6-15-4-2-3-5-16(15)12-17/h2-7,12-14,19H,8-11H2,1H3. The van der Waals surface area contributed by atoms with Gasteiger partial charge in [-0.1, -0.05) is 30.3 Å². The van der Waals surface area contributed by atoms with Crippen molar-refractivity contribution in [2.75, 3.05) is 13.1 Å². The van der Waals surface area contributed by atoms with Crippen molar-refractivity contribution >= 4 is 20.8 Å². The fourth-order valence-electron chi connectivity index (χ4n) is 3.08. The van der Waals surface area contributed by atoms with Crippen molar-refractivity contribution in [3.8, 4) is 0 Å². The van der Waals surface area contributed by atoms with E-state index in [0.29, 0.717) is 30.8 Å². The fraction of sp³-hybridized carbons (Fsp3) is 0.412. The predicted molar refractivity (Wildman–Crippen MR) is 87.1 cm³/mol. The number of nitrogens with zero attached hydrogens (tertiary/aromatic N) is 1. The molecule has 1 saturated heterocycles. The van der Waals surface area contributed by atoms with Gasteiger partial charge in [0.1, 0.15) is 0 Å². The molecule has 0 spiro atoms. The Kier molecular flexibility index (Phi) is 4.21. The summed E-state index contributed by atoms with van der Waals surface area (Å²) >= 11 is 0. The number of benzene rings is 2. The van der Waals surface area contributed by atoms with E-state index in [1.807, 2.05) is 30.3 Å². The summed E-state index contributed by atoms with van der Waals surface area (Å²) < 4.78 is 27.1. The monoisotopic (exact) mass is 319 g/mol. The van der Waals surface area contributed by atoms with Crippen molar-refractivity contribution in [3.63, 3.8) is 0 Å². The third kappa shape index (κ3) is 2.89. The number of fused-ring (bicyclic) bond motifs is 1. The summed E-state index contributed by atoms with van der Waals surface area (Å²) in [5.41, 5.74) is 0. The second-order valence-electron chi connectivity index (χ2n) is 5.99. The normalized spacial score (nSPS) is 19.4. The molecule has 1 fully saturated rings. The number of piperidine rings is 1. The van der Waals surface area contributed by atoms with E-state index < -0.39 is 10.0 Å². The number of sulfonamides is 1. The van der Waals surface area contributed by atoms with Gasteiger partial charge in [-0.3, -0.25) is 0 Å². The summed E-state index contributed by atoms with van der Waals surface area (Å²) in [6, 6.07) is 13.0. The lowest BCUT2D eigenvalue weighted by atomic mass is 9.93. The van der Waals surface area contributed by atoms with Crippen LogP contribution in [0.4, 0.5) is 0 Å². The van der Waals surface area contributed by atoms with Crippen LogP contribution in [0.1, 0.15) is 19.8 Å². The van der Waals surface area contributed by atoms with Crippen molar-refractivity contribution in [3.05, 3.63) is 42.5 Å². The smallest absolute Gasteiger partial charge is 0.243 e. The van der Waals surface area contributed by atoms with Gasteiger partial charge in [0, 0.05) is 13.1 Å². The lowest BCUT2D eigenvalue weighted by Crippen LogP contribution is -2.40. The number of hydrogen-bond donors (Lipinski definition) is 1. The van der Waals surface area contributed by atoms with Crippen molar-refractivity contribution in [2.45, 2.75) is 30.8 Å². The molecule has 0 aromatic heterocycles. The Morgan fingerprint density at radius 1 is 1.09 bits per heavy atom. The molecule has 0 bridgehead atoms. The van der Waals surface area contributed by atoms with Gasteiger partial charge in [0.2, 0.25) is 10.0 Å². The maximum Gasteiger partial charge on any atom is 0.243 e. The molecule has 0 aliphatic carbocycles. The first kappa shape index (κ1) is 15.5. The van der Waals surface area contributed by atoms with Crippen LogP contribution in [0.25, 0.3) is 10.8 Å². The SMILES string of the molecule is CC(O)C1CCN(S(=O)(=O)c2ccc3ccccc3c2)CC1. The Bertz CT molecular complexity index is 762. The highest BCUT2D eigenvalue weighted by atomic mass is 32.2. The average molecular weight is 319 g/mol. The van der Waals surface area contributed by atoms with E-state index in [9.17, 15) is 13.5 Å². The van der Waals surface area contributed by atoms with Crippen LogP contribution in [0.2, 0.25) is 0 Å². The second-order valence-corrected chi connectivity index (χ2v) is 7.93. The van der Waals surface area contributed by atoms with Crippen molar-refractivity contribution in [1.29, 1.82) is 0 Å². The zero-order valence-corrected chi connectivity index (χ0v) is 13.5. The first-order valence-electron chi connectivity index (χ1n) is 7.65. The van der Waals surface area contributed by atoms with Crippen LogP contribution in [-0.4, -0.2) is 37.0 Å². The molecule has 1 heterocycles. The van der Waals surface area contributed by atoms with Crippen LogP contribution in [0.5, 0.6) is 0 Å². The van der Waals surface area contributed by atoms with Crippen molar-refractivity contribution in [1.82, 2.24) is 4.31 Å². The van der Waals surface area contributed by atoms with Gasteiger partial charge in [0.05, 0.1) is 11.0 Å². The molecule has 22 heavy (non-hydrogen) atoms. The van der Waals surface area contributed by atoms with Gasteiger partial charge in [-0.2, -0.15) is 4.31 Å². The minimum absolute atomic E-state index is 0.197. The van der Waals surface area contributed by atoms with E-state index >= 15 is 0 Å². The van der Waals surface area contributed by atoms with Crippen LogP contribution in [0.15, 0.2) is 47.4 Å². The Balaban J connectivity index is 1.86. The van der Waals surface area contributed by atoms with Gasteiger partial charge < -0.3 is 5.11 Å². The minimum Gasteiger partial charge on any atom is -0.393 e. The van der Waals surface area contributed by atoms with Gasteiger partial charge in [-0.05, 0) is 48.6 Å². The van der Waals surface area contributed by atoms with E-state index in [-0.39, 0.29) is 12.0 Å². The first-order chi connectivity index (χ1) is 10.5. The minimum atomic E-state index is -3.45. The largest absolute Gasteiger partial charge is 0.393 e. The van der Waals surface area contributed by atoms with Crippen LogP contribution >= 0.6 is 0 Å². The molecule has 4 nitrogen and oxygen atoms in total. The summed E-state index contributed by atoms with van der Waals surface area (Å²) in [6.07, 6.45) is 1.06. The van der Waals surface area contributed by atoms with Crippen LogP contribution in [0.3, 0.4) is 0 Å². The molecular weight excluding hydrogens is 298 g/mol. The number of aliphatic hydroxyl groups is 1. The molecule has 2 aromatic rings. The maximum atomic E-state index is 12.8.